The van der Waals surface area contributed by atoms with Gasteiger partial charge < -0.3 is 14.8 Å². The lowest BCUT2D eigenvalue weighted by atomic mass is 9.44. The van der Waals surface area contributed by atoms with Crippen molar-refractivity contribution in [2.75, 3.05) is 0 Å². The zero-order valence-corrected chi connectivity index (χ0v) is 15.9. The fraction of sp³-hybridized carbons (Fsp3) is 0.565. The molecule has 4 bridgehead atoms. The summed E-state index contributed by atoms with van der Waals surface area (Å²) in [6.07, 6.45) is 8.98. The summed E-state index contributed by atoms with van der Waals surface area (Å²) in [7, 11) is 0. The molecule has 2 N–H and O–H groups in total. The average Bonchev–Trinajstić information content (AvgIpc) is 3.23. The molecule has 5 heteroatoms. The van der Waals surface area contributed by atoms with Crippen LogP contribution in [0.5, 0.6) is 0 Å². The van der Waals surface area contributed by atoms with Gasteiger partial charge in [-0.3, -0.25) is 4.79 Å². The normalized spacial score (nSPS) is 38.2. The standard InChI is InChI=1S/C23H26N2O3/c26-20(7-18-16-3-1-2-4-17(16)19-11-24-12-25(18)19)23-8-13-5-14(9-23)21(22(27)28)15(6-13)10-23/h1-4,11-15,18,20-21,26H,5-10H2,(H,27,28). The molecule has 2 aromatic rings. The van der Waals surface area contributed by atoms with E-state index in [-0.39, 0.29) is 29.2 Å². The van der Waals surface area contributed by atoms with Crippen molar-refractivity contribution in [3.63, 3.8) is 0 Å². The third kappa shape index (κ3) is 2.17. The predicted octanol–water partition coefficient (Wildman–Crippen LogP) is 3.73. The highest BCUT2D eigenvalue weighted by molar-refractivity contribution is 5.71. The van der Waals surface area contributed by atoms with Gasteiger partial charge in [0, 0.05) is 5.56 Å². The summed E-state index contributed by atoms with van der Waals surface area (Å²) >= 11 is 0. The minimum Gasteiger partial charge on any atom is -0.481 e. The van der Waals surface area contributed by atoms with Crippen LogP contribution in [-0.2, 0) is 4.79 Å². The lowest BCUT2D eigenvalue weighted by Gasteiger charge is -2.60. The molecule has 1 aromatic carbocycles. The van der Waals surface area contributed by atoms with Crippen molar-refractivity contribution < 1.29 is 15.0 Å². The lowest BCUT2D eigenvalue weighted by Crippen LogP contribution is -2.57. The molecule has 5 aliphatic rings. The summed E-state index contributed by atoms with van der Waals surface area (Å²) in [6, 6.07) is 8.55. The van der Waals surface area contributed by atoms with Gasteiger partial charge in [-0.2, -0.15) is 0 Å². The van der Waals surface area contributed by atoms with Crippen molar-refractivity contribution in [3.05, 3.63) is 42.4 Å². The number of aliphatic carboxylic acids is 1. The molecule has 4 aliphatic carbocycles. The van der Waals surface area contributed by atoms with Crippen LogP contribution in [0.2, 0.25) is 0 Å². The molecule has 2 heterocycles. The van der Waals surface area contributed by atoms with Crippen molar-refractivity contribution in [2.45, 2.75) is 50.7 Å². The van der Waals surface area contributed by atoms with E-state index in [1.807, 2.05) is 12.5 Å². The fourth-order valence-corrected chi connectivity index (χ4v) is 7.53. The molecule has 0 radical (unpaired) electrons. The van der Waals surface area contributed by atoms with E-state index in [0.717, 1.165) is 37.8 Å². The van der Waals surface area contributed by atoms with E-state index in [9.17, 15) is 15.0 Å². The number of hydrogen-bond donors (Lipinski definition) is 2. The Hall–Kier alpha value is -2.14. The van der Waals surface area contributed by atoms with Crippen molar-refractivity contribution in [2.24, 2.45) is 29.1 Å². The second kappa shape index (κ2) is 5.69. The van der Waals surface area contributed by atoms with Crippen LogP contribution in [0.4, 0.5) is 0 Å². The molecule has 4 saturated carbocycles. The smallest absolute Gasteiger partial charge is 0.307 e. The topological polar surface area (TPSA) is 75.3 Å². The summed E-state index contributed by atoms with van der Waals surface area (Å²) in [4.78, 5) is 16.2. The molecule has 146 valence electrons. The van der Waals surface area contributed by atoms with Crippen molar-refractivity contribution in [1.29, 1.82) is 0 Å². The molecule has 28 heavy (non-hydrogen) atoms. The Morgan fingerprint density at radius 2 is 1.96 bits per heavy atom. The van der Waals surface area contributed by atoms with E-state index in [2.05, 4.69) is 33.8 Å². The maximum absolute atomic E-state index is 11.8. The molecular formula is C23H26N2O3. The van der Waals surface area contributed by atoms with Crippen LogP contribution >= 0.6 is 0 Å². The molecule has 1 aromatic heterocycles. The van der Waals surface area contributed by atoms with Crippen molar-refractivity contribution in [1.82, 2.24) is 9.55 Å². The van der Waals surface area contributed by atoms with Gasteiger partial charge in [0.2, 0.25) is 0 Å². The Morgan fingerprint density at radius 1 is 1.21 bits per heavy atom. The molecule has 4 atom stereocenters. The molecule has 7 rings (SSSR count). The van der Waals surface area contributed by atoms with Gasteiger partial charge in [0.25, 0.3) is 0 Å². The van der Waals surface area contributed by atoms with E-state index in [1.165, 1.54) is 11.1 Å². The van der Waals surface area contributed by atoms with E-state index >= 15 is 0 Å². The van der Waals surface area contributed by atoms with Crippen LogP contribution in [0, 0.1) is 29.1 Å². The minimum absolute atomic E-state index is 0.0965. The third-order valence-corrected chi connectivity index (χ3v) is 8.36. The number of nitrogens with zero attached hydrogens (tertiary/aromatic N) is 2. The van der Waals surface area contributed by atoms with Crippen LogP contribution in [0.15, 0.2) is 36.8 Å². The third-order valence-electron chi connectivity index (χ3n) is 8.36. The van der Waals surface area contributed by atoms with Gasteiger partial charge in [-0.05, 0) is 67.3 Å². The average molecular weight is 378 g/mol. The largest absolute Gasteiger partial charge is 0.481 e. The highest BCUT2D eigenvalue weighted by atomic mass is 16.4. The van der Waals surface area contributed by atoms with E-state index in [0.29, 0.717) is 12.3 Å². The molecule has 0 amide bonds. The van der Waals surface area contributed by atoms with Gasteiger partial charge in [0.15, 0.2) is 0 Å². The molecule has 0 spiro atoms. The second-order valence-electron chi connectivity index (χ2n) is 9.74. The highest BCUT2D eigenvalue weighted by Crippen LogP contribution is 2.64. The SMILES string of the molecule is O=C(O)C1C2CC3CC1CC(C(O)CC1c4ccccc4-c4cncn41)(C3)C2. The number of carboxylic acid groups (broad SMARTS) is 1. The second-order valence-corrected chi connectivity index (χ2v) is 9.74. The van der Waals surface area contributed by atoms with Crippen LogP contribution in [0.25, 0.3) is 11.3 Å². The van der Waals surface area contributed by atoms with Crippen molar-refractivity contribution in [3.8, 4) is 11.3 Å². The van der Waals surface area contributed by atoms with E-state index < -0.39 is 12.1 Å². The predicted molar refractivity (Wildman–Crippen MR) is 104 cm³/mol. The molecular weight excluding hydrogens is 352 g/mol. The first-order valence-electron chi connectivity index (χ1n) is 10.6. The molecule has 5 nitrogen and oxygen atoms in total. The molecule has 4 fully saturated rings. The van der Waals surface area contributed by atoms with Gasteiger partial charge in [-0.25, -0.2) is 4.98 Å². The number of aliphatic hydroxyl groups is 1. The van der Waals surface area contributed by atoms with Crippen LogP contribution in [-0.4, -0.2) is 31.8 Å². The first-order valence-corrected chi connectivity index (χ1v) is 10.6. The summed E-state index contributed by atoms with van der Waals surface area (Å²) in [5.41, 5.74) is 3.52. The van der Waals surface area contributed by atoms with Gasteiger partial charge in [0.05, 0.1) is 36.3 Å². The van der Waals surface area contributed by atoms with Gasteiger partial charge in [0.1, 0.15) is 0 Å². The number of carboxylic acids is 1. The maximum Gasteiger partial charge on any atom is 0.307 e. The van der Waals surface area contributed by atoms with E-state index in [4.69, 9.17) is 0 Å². The first kappa shape index (κ1) is 16.8. The Bertz CT molecular complexity index is 935. The van der Waals surface area contributed by atoms with Crippen LogP contribution in [0.3, 0.4) is 0 Å². The zero-order chi connectivity index (χ0) is 19.0. The number of hydrogen-bond acceptors (Lipinski definition) is 3. The van der Waals surface area contributed by atoms with Gasteiger partial charge >= 0.3 is 5.97 Å². The Morgan fingerprint density at radius 3 is 2.71 bits per heavy atom. The molecule has 1 aliphatic heterocycles. The highest BCUT2D eigenvalue weighted by Gasteiger charge is 2.59. The van der Waals surface area contributed by atoms with Gasteiger partial charge in [-0.1, -0.05) is 24.3 Å². The van der Waals surface area contributed by atoms with Crippen LogP contribution < -0.4 is 0 Å². The lowest BCUT2D eigenvalue weighted by molar-refractivity contribution is -0.176. The number of aromatic nitrogens is 2. The monoisotopic (exact) mass is 378 g/mol. The Kier molecular flexibility index (Phi) is 3.41. The summed E-state index contributed by atoms with van der Waals surface area (Å²) in [5, 5.41) is 21.2. The number of rotatable bonds is 4. The van der Waals surface area contributed by atoms with E-state index in [1.54, 1.807) is 0 Å². The van der Waals surface area contributed by atoms with Gasteiger partial charge in [-0.15, -0.1) is 0 Å². The number of benzene rings is 1. The maximum atomic E-state index is 11.8. The van der Waals surface area contributed by atoms with Crippen LogP contribution in [0.1, 0.15) is 50.1 Å². The number of aliphatic hydroxyl groups excluding tert-OH is 1. The minimum atomic E-state index is -0.619. The molecule has 4 unspecified atom stereocenters. The fourth-order valence-electron chi connectivity index (χ4n) is 7.53. The summed E-state index contributed by atoms with van der Waals surface area (Å²) < 4.78 is 2.20. The first-order chi connectivity index (χ1) is 13.6. The number of carbonyl (C=O) groups is 1. The van der Waals surface area contributed by atoms with Crippen molar-refractivity contribution >= 4 is 5.97 Å². The Labute approximate surface area is 164 Å². The number of imidazole rings is 1. The summed E-state index contributed by atoms with van der Waals surface area (Å²) in [5.74, 6) is 0.286. The number of fused-ring (bicyclic) bond motifs is 3. The summed E-state index contributed by atoms with van der Waals surface area (Å²) in [6.45, 7) is 0. The Balaban J connectivity index is 1.31. The molecule has 0 saturated heterocycles. The quantitative estimate of drug-likeness (QED) is 0.850. The zero-order valence-electron chi connectivity index (χ0n) is 15.9.